The number of hydrogen-bond donors (Lipinski definition) is 2. The largest absolute Gasteiger partial charge is 0.480 e. The molecule has 2 aromatic rings. The Hall–Kier alpha value is -2.82. The number of carboxylic acid groups (broad SMARTS) is 1. The number of nitrogens with one attached hydrogen (secondary N) is 1. The van der Waals surface area contributed by atoms with Crippen LogP contribution in [0, 0.1) is 13.8 Å². The molecule has 0 aliphatic carbocycles. The van der Waals surface area contributed by atoms with Gasteiger partial charge in [0.25, 0.3) is 5.91 Å². The lowest BCUT2D eigenvalue weighted by Crippen LogP contribution is -2.40. The lowest BCUT2D eigenvalue weighted by Gasteiger charge is -2.14. The van der Waals surface area contributed by atoms with Gasteiger partial charge in [0.05, 0.1) is 5.56 Å². The van der Waals surface area contributed by atoms with Crippen LogP contribution in [0.3, 0.4) is 0 Å². The lowest BCUT2D eigenvalue weighted by atomic mass is 10.0. The molecule has 1 unspecified atom stereocenters. The van der Waals surface area contributed by atoms with Gasteiger partial charge in [-0.2, -0.15) is 0 Å². The molecule has 24 heavy (non-hydrogen) atoms. The smallest absolute Gasteiger partial charge is 0.326 e. The van der Waals surface area contributed by atoms with E-state index in [9.17, 15) is 14.7 Å². The number of hydrogen-bond acceptors (Lipinski definition) is 3. The van der Waals surface area contributed by atoms with Crippen LogP contribution in [0.5, 0.6) is 0 Å². The molecule has 0 bridgehead atoms. The average molecular weight is 327 g/mol. The summed E-state index contributed by atoms with van der Waals surface area (Å²) in [7, 11) is 0. The molecule has 5 nitrogen and oxygen atoms in total. The molecule has 0 spiro atoms. The van der Waals surface area contributed by atoms with Crippen molar-refractivity contribution in [3.63, 3.8) is 0 Å². The van der Waals surface area contributed by atoms with Crippen LogP contribution in [-0.4, -0.2) is 23.0 Å². The second kappa shape index (κ2) is 7.64. The van der Waals surface area contributed by atoms with Crippen LogP contribution in [0.2, 0.25) is 0 Å². The molecule has 1 heterocycles. The van der Waals surface area contributed by atoms with Gasteiger partial charge in [-0.3, -0.25) is 4.79 Å². The first kappa shape index (κ1) is 17.5. The Morgan fingerprint density at radius 3 is 2.54 bits per heavy atom. The molecule has 1 aromatic heterocycles. The first-order valence-electron chi connectivity index (χ1n) is 7.75. The summed E-state index contributed by atoms with van der Waals surface area (Å²) in [4.78, 5) is 24.0. The van der Waals surface area contributed by atoms with Crippen LogP contribution in [-0.2, 0) is 4.79 Å². The molecule has 0 fully saturated rings. The fraction of sp³-hybridized carbons (Fsp3) is 0.263. The molecule has 2 N–H and O–H groups in total. The second-order valence-electron chi connectivity index (χ2n) is 5.58. The number of benzene rings is 1. The Morgan fingerprint density at radius 2 is 1.96 bits per heavy atom. The van der Waals surface area contributed by atoms with Gasteiger partial charge in [0, 0.05) is 11.1 Å². The van der Waals surface area contributed by atoms with Gasteiger partial charge in [-0.15, -0.1) is 6.58 Å². The first-order valence-corrected chi connectivity index (χ1v) is 7.75. The zero-order valence-corrected chi connectivity index (χ0v) is 13.8. The third-order valence-electron chi connectivity index (χ3n) is 3.91. The molecular formula is C19H21NO4. The van der Waals surface area contributed by atoms with Crippen molar-refractivity contribution in [2.75, 3.05) is 0 Å². The van der Waals surface area contributed by atoms with E-state index >= 15 is 0 Å². The van der Waals surface area contributed by atoms with Crippen LogP contribution in [0.1, 0.15) is 34.5 Å². The number of furan rings is 1. The van der Waals surface area contributed by atoms with Gasteiger partial charge in [-0.25, -0.2) is 4.79 Å². The Morgan fingerprint density at radius 1 is 1.29 bits per heavy atom. The summed E-state index contributed by atoms with van der Waals surface area (Å²) in [6, 6.07) is 8.32. The van der Waals surface area contributed by atoms with Crippen molar-refractivity contribution in [2.24, 2.45) is 0 Å². The maximum absolute atomic E-state index is 12.7. The van der Waals surface area contributed by atoms with Crippen LogP contribution < -0.4 is 5.32 Å². The second-order valence-corrected chi connectivity index (χ2v) is 5.58. The third-order valence-corrected chi connectivity index (χ3v) is 3.91. The normalized spacial score (nSPS) is 11.8. The average Bonchev–Trinajstić information content (AvgIpc) is 2.87. The molecule has 1 amide bonds. The van der Waals surface area contributed by atoms with E-state index in [2.05, 4.69) is 11.9 Å². The number of carbonyl (C=O) groups excluding carboxylic acids is 1. The predicted molar refractivity (Wildman–Crippen MR) is 91.9 cm³/mol. The van der Waals surface area contributed by atoms with Crippen LogP contribution >= 0.6 is 0 Å². The predicted octanol–water partition coefficient (Wildman–Crippen LogP) is 3.71. The topological polar surface area (TPSA) is 79.5 Å². The fourth-order valence-corrected chi connectivity index (χ4v) is 2.47. The number of carboxylic acids is 1. The van der Waals surface area contributed by atoms with Gasteiger partial charge in [0.2, 0.25) is 0 Å². The molecule has 0 saturated carbocycles. The van der Waals surface area contributed by atoms with E-state index in [1.54, 1.807) is 19.9 Å². The maximum Gasteiger partial charge on any atom is 0.326 e. The van der Waals surface area contributed by atoms with E-state index in [1.165, 1.54) is 0 Å². The summed E-state index contributed by atoms with van der Waals surface area (Å²) < 4.78 is 5.75. The number of aryl methyl sites for hydroxylation is 1. The summed E-state index contributed by atoms with van der Waals surface area (Å²) in [6.07, 6.45) is 2.43. The number of carbonyl (C=O) groups is 2. The molecule has 0 aliphatic heterocycles. The lowest BCUT2D eigenvalue weighted by molar-refractivity contribution is -0.139. The number of rotatable bonds is 7. The number of allylic oxidation sites excluding steroid dienone is 1. The standard InChI is InChI=1S/C19H21NO4/c1-4-5-11-15(19(22)23)20-18(21)16-12(2)13(3)24-17(16)14-9-7-6-8-10-14/h4,6-10,15H,1,5,11H2,2-3H3,(H,20,21)(H,22,23). The minimum Gasteiger partial charge on any atom is -0.480 e. The minimum absolute atomic E-state index is 0.293. The highest BCUT2D eigenvalue weighted by Gasteiger charge is 2.26. The fourth-order valence-electron chi connectivity index (χ4n) is 2.47. The van der Waals surface area contributed by atoms with E-state index in [4.69, 9.17) is 4.42 Å². The molecule has 0 aliphatic rings. The van der Waals surface area contributed by atoms with Gasteiger partial charge < -0.3 is 14.8 Å². The molecule has 0 saturated heterocycles. The van der Waals surface area contributed by atoms with E-state index in [0.717, 1.165) is 5.56 Å². The van der Waals surface area contributed by atoms with Gasteiger partial charge in [-0.05, 0) is 26.7 Å². The molecule has 1 aromatic carbocycles. The zero-order chi connectivity index (χ0) is 17.7. The summed E-state index contributed by atoms with van der Waals surface area (Å²) in [5, 5.41) is 11.9. The highest BCUT2D eigenvalue weighted by molar-refractivity contribution is 6.02. The van der Waals surface area contributed by atoms with E-state index in [-0.39, 0.29) is 0 Å². The molecule has 2 rings (SSSR count). The Labute approximate surface area is 141 Å². The third kappa shape index (κ3) is 3.74. The van der Waals surface area contributed by atoms with Gasteiger partial charge in [0.1, 0.15) is 17.6 Å². The number of amides is 1. The quantitative estimate of drug-likeness (QED) is 0.760. The monoisotopic (exact) mass is 327 g/mol. The minimum atomic E-state index is -1.07. The van der Waals surface area contributed by atoms with Crippen molar-refractivity contribution in [2.45, 2.75) is 32.7 Å². The Balaban J connectivity index is 2.35. The zero-order valence-electron chi connectivity index (χ0n) is 13.8. The van der Waals surface area contributed by atoms with Crippen molar-refractivity contribution >= 4 is 11.9 Å². The van der Waals surface area contributed by atoms with E-state index < -0.39 is 17.9 Å². The van der Waals surface area contributed by atoms with Crippen molar-refractivity contribution in [1.29, 1.82) is 0 Å². The SMILES string of the molecule is C=CCCC(NC(=O)c1c(-c2ccccc2)oc(C)c1C)C(=O)O. The summed E-state index contributed by atoms with van der Waals surface area (Å²) in [6.45, 7) is 7.15. The van der Waals surface area contributed by atoms with E-state index in [1.807, 2.05) is 30.3 Å². The first-order chi connectivity index (χ1) is 11.5. The van der Waals surface area contributed by atoms with Crippen LogP contribution in [0.4, 0.5) is 0 Å². The van der Waals surface area contributed by atoms with Gasteiger partial charge in [0.15, 0.2) is 0 Å². The summed E-state index contributed by atoms with van der Waals surface area (Å²) in [5.74, 6) is -0.420. The highest BCUT2D eigenvalue weighted by atomic mass is 16.4. The molecular weight excluding hydrogens is 306 g/mol. The summed E-state index contributed by atoms with van der Waals surface area (Å²) >= 11 is 0. The maximum atomic E-state index is 12.7. The Bertz CT molecular complexity index is 746. The van der Waals surface area contributed by atoms with Gasteiger partial charge in [-0.1, -0.05) is 36.4 Å². The molecule has 1 atom stereocenters. The molecule has 0 radical (unpaired) electrons. The van der Waals surface area contributed by atoms with Crippen molar-refractivity contribution < 1.29 is 19.1 Å². The van der Waals surface area contributed by atoms with Crippen molar-refractivity contribution in [1.82, 2.24) is 5.32 Å². The summed E-state index contributed by atoms with van der Waals surface area (Å²) in [5.41, 5.74) is 1.86. The Kier molecular flexibility index (Phi) is 5.58. The van der Waals surface area contributed by atoms with Crippen molar-refractivity contribution in [3.8, 4) is 11.3 Å². The van der Waals surface area contributed by atoms with Crippen molar-refractivity contribution in [3.05, 3.63) is 59.9 Å². The van der Waals surface area contributed by atoms with E-state index in [0.29, 0.717) is 35.5 Å². The van der Waals surface area contributed by atoms with Crippen LogP contribution in [0.25, 0.3) is 11.3 Å². The van der Waals surface area contributed by atoms with Crippen LogP contribution in [0.15, 0.2) is 47.4 Å². The molecule has 5 heteroatoms. The van der Waals surface area contributed by atoms with Gasteiger partial charge >= 0.3 is 5.97 Å². The number of aliphatic carboxylic acids is 1. The highest BCUT2D eigenvalue weighted by Crippen LogP contribution is 2.31. The molecule has 126 valence electrons.